The Morgan fingerprint density at radius 1 is 1.22 bits per heavy atom. The molecule has 0 spiro atoms. The predicted molar refractivity (Wildman–Crippen MR) is 91.3 cm³/mol. The largest absolute Gasteiger partial charge is 0.508 e. The maximum atomic E-state index is 11.1. The third-order valence-corrected chi connectivity index (χ3v) is 7.21. The van der Waals surface area contributed by atoms with Crippen LogP contribution in [0.2, 0.25) is 0 Å². The van der Waals surface area contributed by atoms with Crippen molar-refractivity contribution in [3.8, 4) is 17.0 Å². The number of hydrogen-bond donors (Lipinski definition) is 2. The van der Waals surface area contributed by atoms with Crippen molar-refractivity contribution in [3.05, 3.63) is 29.3 Å². The zero-order chi connectivity index (χ0) is 16.2. The summed E-state index contributed by atoms with van der Waals surface area (Å²) in [6.07, 6.45) is 6.01. The lowest BCUT2D eigenvalue weighted by atomic mass is 9.53. The van der Waals surface area contributed by atoms with E-state index in [0.717, 1.165) is 38.5 Å². The van der Waals surface area contributed by atoms with Crippen molar-refractivity contribution in [2.75, 3.05) is 0 Å². The van der Waals surface area contributed by atoms with Crippen LogP contribution in [0, 0.1) is 28.6 Å². The second kappa shape index (κ2) is 5.16. The van der Waals surface area contributed by atoms with E-state index in [1.54, 1.807) is 0 Å². The van der Waals surface area contributed by atoms with Gasteiger partial charge in [-0.05, 0) is 91.1 Å². The molecular weight excluding hydrogens is 308 g/mol. The molecule has 122 valence electrons. The van der Waals surface area contributed by atoms with E-state index in [9.17, 15) is 10.2 Å². The fourth-order valence-electron chi connectivity index (χ4n) is 5.87. The van der Waals surface area contributed by atoms with E-state index in [1.807, 2.05) is 12.1 Å². The number of rotatable bonds is 0. The summed E-state index contributed by atoms with van der Waals surface area (Å²) >= 11 is 5.64. The van der Waals surface area contributed by atoms with Crippen LogP contribution < -0.4 is 0 Å². The van der Waals surface area contributed by atoms with Crippen LogP contribution in [0.5, 0.6) is 5.75 Å². The van der Waals surface area contributed by atoms with Gasteiger partial charge in [-0.2, -0.15) is 0 Å². The van der Waals surface area contributed by atoms with Crippen LogP contribution in [0.1, 0.15) is 56.1 Å². The summed E-state index contributed by atoms with van der Waals surface area (Å²) in [5.74, 6) is 4.96. The second-order valence-electron chi connectivity index (χ2n) is 7.87. The van der Waals surface area contributed by atoms with E-state index in [0.29, 0.717) is 23.5 Å². The Balaban J connectivity index is 1.71. The molecule has 1 aromatic rings. The molecule has 5 atom stereocenters. The van der Waals surface area contributed by atoms with E-state index in [-0.39, 0.29) is 5.41 Å². The van der Waals surface area contributed by atoms with Gasteiger partial charge in [0.15, 0.2) is 0 Å². The molecule has 0 radical (unpaired) electrons. The Morgan fingerprint density at radius 3 is 2.83 bits per heavy atom. The maximum absolute atomic E-state index is 11.1. The lowest BCUT2D eigenvalue weighted by Crippen LogP contribution is -2.50. The third kappa shape index (κ3) is 2.06. The van der Waals surface area contributed by atoms with Gasteiger partial charge in [-0.3, -0.25) is 0 Å². The normalized spacial score (nSPS) is 41.3. The van der Waals surface area contributed by atoms with Crippen molar-refractivity contribution in [2.24, 2.45) is 17.3 Å². The van der Waals surface area contributed by atoms with E-state index in [4.69, 9.17) is 11.6 Å². The van der Waals surface area contributed by atoms with Crippen molar-refractivity contribution in [2.45, 2.75) is 57.0 Å². The molecule has 2 fully saturated rings. The smallest absolute Gasteiger partial charge is 0.132 e. The summed E-state index contributed by atoms with van der Waals surface area (Å²) in [6.45, 7) is 2.22. The van der Waals surface area contributed by atoms with Gasteiger partial charge in [0.25, 0.3) is 0 Å². The lowest BCUT2D eigenvalue weighted by Gasteiger charge is -2.52. The number of aryl methyl sites for hydroxylation is 1. The van der Waals surface area contributed by atoms with Crippen LogP contribution in [0.4, 0.5) is 0 Å². The van der Waals surface area contributed by atoms with E-state index < -0.39 is 5.60 Å². The molecule has 3 heteroatoms. The minimum atomic E-state index is -0.931. The van der Waals surface area contributed by atoms with Gasteiger partial charge in [-0.25, -0.2) is 0 Å². The molecule has 4 rings (SSSR count). The van der Waals surface area contributed by atoms with Crippen molar-refractivity contribution < 1.29 is 10.2 Å². The molecule has 2 N–H and O–H groups in total. The standard InChI is InChI=1S/C20H23ClO2/c1-19-8-6-16-15-5-3-14(22)12-13(15)2-4-17(16)18(19)7-9-20(19,23)10-11-21/h3,5,12,16-18,22-23H,2,4,6-9H2,1H3/t16-,17+,18+,19-,20+/m1/s1. The summed E-state index contributed by atoms with van der Waals surface area (Å²) in [5, 5.41) is 23.3. The van der Waals surface area contributed by atoms with Crippen LogP contribution >= 0.6 is 11.6 Å². The number of phenolic OH excluding ortho intramolecular Hbond substituents is 1. The van der Waals surface area contributed by atoms with Crippen molar-refractivity contribution in [1.82, 2.24) is 0 Å². The number of aliphatic hydroxyl groups is 1. The molecule has 0 aliphatic heterocycles. The average molecular weight is 331 g/mol. The van der Waals surface area contributed by atoms with Crippen LogP contribution in [0.3, 0.4) is 0 Å². The third-order valence-electron chi connectivity index (χ3n) is 7.12. The van der Waals surface area contributed by atoms with Crippen LogP contribution in [-0.4, -0.2) is 15.8 Å². The Bertz CT molecular complexity index is 703. The molecule has 2 saturated carbocycles. The summed E-state index contributed by atoms with van der Waals surface area (Å²) < 4.78 is 0. The van der Waals surface area contributed by atoms with Gasteiger partial charge in [-0.1, -0.05) is 18.9 Å². The summed E-state index contributed by atoms with van der Waals surface area (Å²) in [4.78, 5) is 0. The fourth-order valence-corrected chi connectivity index (χ4v) is 6.02. The molecule has 0 unspecified atom stereocenters. The van der Waals surface area contributed by atoms with Crippen molar-refractivity contribution >= 4 is 11.6 Å². The maximum Gasteiger partial charge on any atom is 0.132 e. The molecule has 0 saturated heterocycles. The highest BCUT2D eigenvalue weighted by Crippen LogP contribution is 2.64. The second-order valence-corrected chi connectivity index (χ2v) is 8.06. The summed E-state index contributed by atoms with van der Waals surface area (Å²) in [5.41, 5.74) is 1.65. The van der Waals surface area contributed by atoms with Gasteiger partial charge in [-0.15, -0.1) is 0 Å². The van der Waals surface area contributed by atoms with Crippen molar-refractivity contribution in [3.63, 3.8) is 0 Å². The molecule has 1 aromatic carbocycles. The SMILES string of the molecule is C[C@@]12CC[C@@H]3c4ccc(O)cc4CC[C@@H]3[C@@H]1CC[C@]2(O)C#CCl. The number of fused-ring (bicyclic) bond motifs is 5. The zero-order valence-electron chi connectivity index (χ0n) is 13.5. The molecule has 3 aliphatic rings. The minimum Gasteiger partial charge on any atom is -0.508 e. The predicted octanol–water partition coefficient (Wildman–Crippen LogP) is 4.18. The van der Waals surface area contributed by atoms with Crippen LogP contribution in [-0.2, 0) is 6.42 Å². The van der Waals surface area contributed by atoms with Crippen LogP contribution in [0.25, 0.3) is 0 Å². The van der Waals surface area contributed by atoms with E-state index in [2.05, 4.69) is 24.3 Å². The van der Waals surface area contributed by atoms with Gasteiger partial charge in [0.2, 0.25) is 0 Å². The zero-order valence-corrected chi connectivity index (χ0v) is 14.2. The summed E-state index contributed by atoms with van der Waals surface area (Å²) in [7, 11) is 0. The van der Waals surface area contributed by atoms with E-state index in [1.165, 1.54) is 11.1 Å². The number of phenols is 1. The van der Waals surface area contributed by atoms with Gasteiger partial charge in [0.1, 0.15) is 11.4 Å². The molecule has 2 nitrogen and oxygen atoms in total. The van der Waals surface area contributed by atoms with Gasteiger partial charge < -0.3 is 10.2 Å². The highest BCUT2D eigenvalue weighted by atomic mass is 35.5. The molecule has 0 aromatic heterocycles. The molecule has 0 heterocycles. The topological polar surface area (TPSA) is 40.5 Å². The number of hydrogen-bond acceptors (Lipinski definition) is 2. The number of halogens is 1. The first-order valence-electron chi connectivity index (χ1n) is 8.65. The quantitative estimate of drug-likeness (QED) is 0.701. The first-order chi connectivity index (χ1) is 11.0. The molecule has 0 bridgehead atoms. The minimum absolute atomic E-state index is 0.148. The van der Waals surface area contributed by atoms with Crippen molar-refractivity contribution in [1.29, 1.82) is 0 Å². The highest BCUT2D eigenvalue weighted by Gasteiger charge is 2.61. The van der Waals surface area contributed by atoms with E-state index >= 15 is 0 Å². The molecule has 23 heavy (non-hydrogen) atoms. The number of benzene rings is 1. The fraction of sp³-hybridized carbons (Fsp3) is 0.600. The first-order valence-corrected chi connectivity index (χ1v) is 9.03. The molecule has 3 aliphatic carbocycles. The first kappa shape index (κ1) is 15.4. The van der Waals surface area contributed by atoms with Crippen LogP contribution in [0.15, 0.2) is 18.2 Å². The monoisotopic (exact) mass is 330 g/mol. The van der Waals surface area contributed by atoms with Gasteiger partial charge in [0, 0.05) is 10.8 Å². The van der Waals surface area contributed by atoms with Gasteiger partial charge >= 0.3 is 0 Å². The molecular formula is C20H23ClO2. The number of aromatic hydroxyl groups is 1. The molecule has 0 amide bonds. The highest BCUT2D eigenvalue weighted by molar-refractivity contribution is 6.30. The average Bonchev–Trinajstić information content (AvgIpc) is 2.79. The Morgan fingerprint density at radius 2 is 2.04 bits per heavy atom. The Kier molecular flexibility index (Phi) is 3.45. The van der Waals surface area contributed by atoms with Gasteiger partial charge in [0.05, 0.1) is 0 Å². The Labute approximate surface area is 142 Å². The lowest BCUT2D eigenvalue weighted by molar-refractivity contribution is -0.0647. The Hall–Kier alpha value is -1.17. The summed E-state index contributed by atoms with van der Waals surface area (Å²) in [6, 6.07) is 5.87.